The van der Waals surface area contributed by atoms with Crippen LogP contribution in [0, 0.1) is 12.8 Å². The van der Waals surface area contributed by atoms with Crippen LogP contribution in [-0.4, -0.2) is 45.8 Å². The van der Waals surface area contributed by atoms with Gasteiger partial charge in [-0.3, -0.25) is 4.90 Å². The van der Waals surface area contributed by atoms with Gasteiger partial charge in [-0.05, 0) is 26.3 Å². The number of hydrogen-bond donors (Lipinski definition) is 2. The lowest BCUT2D eigenvalue weighted by Crippen LogP contribution is -2.17. The van der Waals surface area contributed by atoms with Crippen molar-refractivity contribution in [2.75, 3.05) is 13.6 Å². The molecule has 0 aliphatic carbocycles. The van der Waals surface area contributed by atoms with Crippen LogP contribution in [0.1, 0.15) is 37.3 Å². The Morgan fingerprint density at radius 1 is 1.45 bits per heavy atom. The molecule has 1 fully saturated rings. The van der Waals surface area contributed by atoms with Crippen LogP contribution in [-0.2, 0) is 9.59 Å². The summed E-state index contributed by atoms with van der Waals surface area (Å²) in [6.45, 7) is 5.41. The lowest BCUT2D eigenvalue weighted by molar-refractivity contribution is -0.159. The van der Waals surface area contributed by atoms with Crippen molar-refractivity contribution < 1.29 is 24.3 Å². The molecule has 2 heterocycles. The predicted octanol–water partition coefficient (Wildman–Crippen LogP) is 1.54. The van der Waals surface area contributed by atoms with Crippen LogP contribution in [0.4, 0.5) is 0 Å². The third kappa shape index (κ3) is 4.34. The van der Waals surface area contributed by atoms with Gasteiger partial charge in [0.2, 0.25) is 0 Å². The standard InChI is InChI=1S/C11H18N2O.C2H2O4/c1-4-9-6-10(13(3)7-9)11-5-8(2)12-14-11;3-1(4)2(5)6/h5,9-10H,4,6-7H2,1-3H3;(H,3,4)(H,5,6). The number of hydrogen-bond acceptors (Lipinski definition) is 5. The van der Waals surface area contributed by atoms with Gasteiger partial charge in [0.1, 0.15) is 0 Å². The molecular weight excluding hydrogens is 264 g/mol. The Hall–Kier alpha value is -1.89. The molecule has 1 aliphatic heterocycles. The van der Waals surface area contributed by atoms with Crippen LogP contribution in [0.15, 0.2) is 10.6 Å². The first-order chi connectivity index (χ1) is 9.35. The molecule has 7 nitrogen and oxygen atoms in total. The van der Waals surface area contributed by atoms with Crippen LogP contribution in [0.3, 0.4) is 0 Å². The summed E-state index contributed by atoms with van der Waals surface area (Å²) in [6, 6.07) is 2.50. The molecule has 20 heavy (non-hydrogen) atoms. The van der Waals surface area contributed by atoms with Crippen molar-refractivity contribution in [1.82, 2.24) is 10.1 Å². The van der Waals surface area contributed by atoms with Gasteiger partial charge in [-0.25, -0.2) is 9.59 Å². The van der Waals surface area contributed by atoms with Gasteiger partial charge in [0.25, 0.3) is 0 Å². The molecule has 7 heteroatoms. The fraction of sp³-hybridized carbons (Fsp3) is 0.615. The molecule has 112 valence electrons. The molecule has 0 radical (unpaired) electrons. The Kier molecular flexibility index (Phi) is 5.69. The lowest BCUT2D eigenvalue weighted by Gasteiger charge is -2.15. The smallest absolute Gasteiger partial charge is 0.414 e. The Bertz CT molecular complexity index is 459. The summed E-state index contributed by atoms with van der Waals surface area (Å²) >= 11 is 0. The van der Waals surface area contributed by atoms with E-state index in [1.54, 1.807) is 0 Å². The van der Waals surface area contributed by atoms with Gasteiger partial charge in [-0.15, -0.1) is 0 Å². The van der Waals surface area contributed by atoms with Crippen molar-refractivity contribution in [3.8, 4) is 0 Å². The first-order valence-corrected chi connectivity index (χ1v) is 6.44. The van der Waals surface area contributed by atoms with Gasteiger partial charge >= 0.3 is 11.9 Å². The van der Waals surface area contributed by atoms with E-state index in [-0.39, 0.29) is 0 Å². The SMILES string of the molecule is CCC1CC(c2cc(C)no2)N(C)C1.O=C(O)C(=O)O. The van der Waals surface area contributed by atoms with Gasteiger partial charge in [0, 0.05) is 12.6 Å². The van der Waals surface area contributed by atoms with E-state index in [9.17, 15) is 0 Å². The first-order valence-electron chi connectivity index (χ1n) is 6.44. The minimum absolute atomic E-state index is 0.446. The summed E-state index contributed by atoms with van der Waals surface area (Å²) in [6.07, 6.45) is 2.47. The van der Waals surface area contributed by atoms with Gasteiger partial charge in [0.15, 0.2) is 5.76 Å². The molecule has 1 aromatic rings. The third-order valence-corrected chi connectivity index (χ3v) is 3.37. The maximum Gasteiger partial charge on any atom is 0.414 e. The molecule has 2 atom stereocenters. The van der Waals surface area contributed by atoms with Crippen LogP contribution < -0.4 is 0 Å². The van der Waals surface area contributed by atoms with Gasteiger partial charge in [-0.1, -0.05) is 18.5 Å². The van der Waals surface area contributed by atoms with Crippen molar-refractivity contribution in [1.29, 1.82) is 0 Å². The Labute approximate surface area is 117 Å². The van der Waals surface area contributed by atoms with Gasteiger partial charge in [-0.2, -0.15) is 0 Å². The Morgan fingerprint density at radius 2 is 2.05 bits per heavy atom. The van der Waals surface area contributed by atoms with Crippen molar-refractivity contribution >= 4 is 11.9 Å². The summed E-state index contributed by atoms with van der Waals surface area (Å²) in [5.74, 6) is -1.80. The molecule has 2 N–H and O–H groups in total. The van der Waals surface area contributed by atoms with Crippen molar-refractivity contribution in [2.45, 2.75) is 32.7 Å². The number of aliphatic carboxylic acids is 2. The fourth-order valence-corrected chi connectivity index (χ4v) is 2.27. The van der Waals surface area contributed by atoms with E-state index < -0.39 is 11.9 Å². The number of carbonyl (C=O) groups is 2. The molecule has 0 amide bonds. The van der Waals surface area contributed by atoms with E-state index >= 15 is 0 Å². The molecule has 0 bridgehead atoms. The van der Waals surface area contributed by atoms with Gasteiger partial charge in [0.05, 0.1) is 11.7 Å². The normalized spacial score (nSPS) is 22.1. The predicted molar refractivity (Wildman–Crippen MR) is 70.3 cm³/mol. The zero-order valence-corrected chi connectivity index (χ0v) is 11.9. The third-order valence-electron chi connectivity index (χ3n) is 3.37. The molecule has 0 saturated carbocycles. The molecule has 0 aromatic carbocycles. The molecule has 0 spiro atoms. The van der Waals surface area contributed by atoms with Crippen molar-refractivity contribution in [2.24, 2.45) is 5.92 Å². The maximum absolute atomic E-state index is 9.10. The van der Waals surface area contributed by atoms with E-state index in [1.165, 1.54) is 19.4 Å². The van der Waals surface area contributed by atoms with E-state index in [4.69, 9.17) is 24.3 Å². The second-order valence-corrected chi connectivity index (χ2v) is 4.95. The molecular formula is C13H20N2O5. The molecule has 1 aliphatic rings. The quantitative estimate of drug-likeness (QED) is 0.794. The highest BCUT2D eigenvalue weighted by Crippen LogP contribution is 2.35. The summed E-state index contributed by atoms with van der Waals surface area (Å²) in [5, 5.41) is 18.7. The van der Waals surface area contributed by atoms with Gasteiger partial charge < -0.3 is 14.7 Å². The summed E-state index contributed by atoms with van der Waals surface area (Å²) < 4.78 is 5.32. The lowest BCUT2D eigenvalue weighted by atomic mass is 10.0. The monoisotopic (exact) mass is 284 g/mol. The summed E-state index contributed by atoms with van der Waals surface area (Å²) in [4.78, 5) is 20.6. The maximum atomic E-state index is 9.10. The number of nitrogens with zero attached hydrogens (tertiary/aromatic N) is 2. The van der Waals surface area contributed by atoms with Crippen molar-refractivity contribution in [3.63, 3.8) is 0 Å². The Morgan fingerprint density at radius 3 is 2.40 bits per heavy atom. The average molecular weight is 284 g/mol. The number of carboxylic acids is 2. The molecule has 2 unspecified atom stereocenters. The number of aryl methyl sites for hydroxylation is 1. The zero-order chi connectivity index (χ0) is 15.3. The number of rotatable bonds is 2. The van der Waals surface area contributed by atoms with Crippen LogP contribution in [0.2, 0.25) is 0 Å². The fourth-order valence-electron chi connectivity index (χ4n) is 2.27. The molecule has 1 aromatic heterocycles. The first kappa shape index (κ1) is 16.2. The molecule has 1 saturated heterocycles. The highest BCUT2D eigenvalue weighted by atomic mass is 16.5. The van der Waals surface area contributed by atoms with Crippen LogP contribution in [0.5, 0.6) is 0 Å². The topological polar surface area (TPSA) is 104 Å². The number of carboxylic acid groups (broad SMARTS) is 2. The van der Waals surface area contributed by atoms with E-state index in [0.717, 1.165) is 17.4 Å². The second kappa shape index (κ2) is 7.04. The zero-order valence-electron chi connectivity index (χ0n) is 11.9. The number of aromatic nitrogens is 1. The number of likely N-dealkylation sites (tertiary alicyclic amines) is 1. The van der Waals surface area contributed by atoms with Crippen molar-refractivity contribution in [3.05, 3.63) is 17.5 Å². The van der Waals surface area contributed by atoms with Crippen LogP contribution in [0.25, 0.3) is 0 Å². The average Bonchev–Trinajstić information content (AvgIpc) is 2.95. The largest absolute Gasteiger partial charge is 0.473 e. The highest BCUT2D eigenvalue weighted by molar-refractivity contribution is 6.27. The Balaban J connectivity index is 0.000000286. The van der Waals surface area contributed by atoms with E-state index in [0.29, 0.717) is 6.04 Å². The summed E-state index contributed by atoms with van der Waals surface area (Å²) in [7, 11) is 2.16. The molecule has 2 rings (SSSR count). The van der Waals surface area contributed by atoms with E-state index in [1.807, 2.05) is 6.92 Å². The minimum Gasteiger partial charge on any atom is -0.473 e. The highest BCUT2D eigenvalue weighted by Gasteiger charge is 2.31. The summed E-state index contributed by atoms with van der Waals surface area (Å²) in [5.41, 5.74) is 0.980. The van der Waals surface area contributed by atoms with E-state index in [2.05, 4.69) is 30.1 Å². The van der Waals surface area contributed by atoms with Crippen LogP contribution >= 0.6 is 0 Å². The minimum atomic E-state index is -1.82. The second-order valence-electron chi connectivity index (χ2n) is 4.95.